The van der Waals surface area contributed by atoms with Gasteiger partial charge < -0.3 is 10.2 Å². The van der Waals surface area contributed by atoms with Crippen LogP contribution in [-0.4, -0.2) is 63.3 Å². The molecule has 1 fully saturated rings. The first-order chi connectivity index (χ1) is 11.3. The van der Waals surface area contributed by atoms with E-state index in [-0.39, 0.29) is 16.8 Å². The molecule has 0 aromatic heterocycles. The van der Waals surface area contributed by atoms with Crippen LogP contribution in [0.25, 0.3) is 0 Å². The van der Waals surface area contributed by atoms with Gasteiger partial charge in [-0.15, -0.1) is 0 Å². The Bertz CT molecular complexity index is 648. The maximum Gasteiger partial charge on any atom is 0.251 e. The minimum atomic E-state index is -3.46. The normalized spacial score (nSPS) is 17.2. The molecule has 0 radical (unpaired) electrons. The predicted molar refractivity (Wildman–Crippen MR) is 94.5 cm³/mol. The summed E-state index contributed by atoms with van der Waals surface area (Å²) in [6.07, 6.45) is 3.07. The van der Waals surface area contributed by atoms with E-state index in [9.17, 15) is 13.2 Å². The molecule has 1 aromatic rings. The summed E-state index contributed by atoms with van der Waals surface area (Å²) < 4.78 is 25.2. The van der Waals surface area contributed by atoms with Crippen LogP contribution in [0.1, 0.15) is 36.5 Å². The van der Waals surface area contributed by atoms with Crippen LogP contribution in [0.4, 0.5) is 0 Å². The van der Waals surface area contributed by atoms with Crippen molar-refractivity contribution in [1.29, 1.82) is 0 Å². The van der Waals surface area contributed by atoms with Crippen LogP contribution < -0.4 is 5.32 Å². The van der Waals surface area contributed by atoms with Gasteiger partial charge in [0.05, 0.1) is 4.90 Å². The molecule has 0 saturated carbocycles. The summed E-state index contributed by atoms with van der Waals surface area (Å²) in [6, 6.07) is 6.29. The molecule has 7 heteroatoms. The summed E-state index contributed by atoms with van der Waals surface area (Å²) in [5.74, 6) is -0.141. The first-order valence-electron chi connectivity index (χ1n) is 8.40. The number of rotatable bonds is 6. The average molecular weight is 353 g/mol. The molecule has 0 aliphatic carbocycles. The Kier molecular flexibility index (Phi) is 6.37. The lowest BCUT2D eigenvalue weighted by Crippen LogP contribution is -2.44. The molecule has 1 saturated heterocycles. The standard InChI is InChI=1S/C17H27N3O3S/c1-4-11-20-12-9-15(10-13-20)18-17(21)14-5-7-16(8-6-14)24(22,23)19(2)3/h5-8,15H,4,9-13H2,1-3H3,(H,18,21). The maximum absolute atomic E-state index is 12.3. The van der Waals surface area contributed by atoms with Crippen molar-refractivity contribution in [2.75, 3.05) is 33.7 Å². The van der Waals surface area contributed by atoms with E-state index in [1.807, 2.05) is 0 Å². The molecule has 1 amide bonds. The number of sulfonamides is 1. The molecule has 6 nitrogen and oxygen atoms in total. The number of piperidine rings is 1. The largest absolute Gasteiger partial charge is 0.349 e. The second-order valence-corrected chi connectivity index (χ2v) is 8.55. The number of nitrogens with zero attached hydrogens (tertiary/aromatic N) is 2. The molecular weight excluding hydrogens is 326 g/mol. The molecule has 1 N–H and O–H groups in total. The van der Waals surface area contributed by atoms with Gasteiger partial charge in [0.25, 0.3) is 5.91 Å². The van der Waals surface area contributed by atoms with Crippen LogP contribution >= 0.6 is 0 Å². The second-order valence-electron chi connectivity index (χ2n) is 6.40. The van der Waals surface area contributed by atoms with Gasteiger partial charge in [-0.2, -0.15) is 0 Å². The number of hydrogen-bond acceptors (Lipinski definition) is 4. The van der Waals surface area contributed by atoms with Gasteiger partial charge in [0, 0.05) is 38.8 Å². The Morgan fingerprint density at radius 1 is 1.21 bits per heavy atom. The lowest BCUT2D eigenvalue weighted by atomic mass is 10.0. The van der Waals surface area contributed by atoms with Gasteiger partial charge in [-0.25, -0.2) is 12.7 Å². The van der Waals surface area contributed by atoms with Crippen molar-refractivity contribution in [3.63, 3.8) is 0 Å². The Hall–Kier alpha value is -1.44. The van der Waals surface area contributed by atoms with Crippen molar-refractivity contribution in [2.24, 2.45) is 0 Å². The molecule has 0 unspecified atom stereocenters. The van der Waals surface area contributed by atoms with Crippen molar-refractivity contribution in [1.82, 2.24) is 14.5 Å². The molecule has 1 aliphatic rings. The summed E-state index contributed by atoms with van der Waals surface area (Å²) in [5.41, 5.74) is 0.490. The lowest BCUT2D eigenvalue weighted by molar-refractivity contribution is 0.0911. The van der Waals surface area contributed by atoms with E-state index in [2.05, 4.69) is 17.1 Å². The topological polar surface area (TPSA) is 69.7 Å². The minimum Gasteiger partial charge on any atom is -0.349 e. The summed E-state index contributed by atoms with van der Waals surface area (Å²) in [4.78, 5) is 14.9. The smallest absolute Gasteiger partial charge is 0.251 e. The molecular formula is C17H27N3O3S. The SMILES string of the molecule is CCCN1CCC(NC(=O)c2ccc(S(=O)(=O)N(C)C)cc2)CC1. The van der Waals surface area contributed by atoms with E-state index >= 15 is 0 Å². The Balaban J connectivity index is 1.94. The van der Waals surface area contributed by atoms with Gasteiger partial charge in [-0.05, 0) is 50.1 Å². The zero-order valence-electron chi connectivity index (χ0n) is 14.7. The highest BCUT2D eigenvalue weighted by Gasteiger charge is 2.21. The van der Waals surface area contributed by atoms with Crippen LogP contribution in [-0.2, 0) is 10.0 Å². The molecule has 1 aliphatic heterocycles. The maximum atomic E-state index is 12.3. The van der Waals surface area contributed by atoms with Crippen LogP contribution in [0.15, 0.2) is 29.2 Å². The highest BCUT2D eigenvalue weighted by Crippen LogP contribution is 2.15. The molecule has 0 bridgehead atoms. The van der Waals surface area contributed by atoms with Crippen LogP contribution in [0.2, 0.25) is 0 Å². The number of likely N-dealkylation sites (tertiary alicyclic amines) is 1. The average Bonchev–Trinajstić information content (AvgIpc) is 2.57. The van der Waals surface area contributed by atoms with Gasteiger partial charge in [0.15, 0.2) is 0 Å². The van der Waals surface area contributed by atoms with Crippen LogP contribution in [0, 0.1) is 0 Å². The van der Waals surface area contributed by atoms with E-state index in [1.165, 1.54) is 26.2 Å². The number of benzene rings is 1. The molecule has 2 rings (SSSR count). The fraction of sp³-hybridized carbons (Fsp3) is 0.588. The van der Waals surface area contributed by atoms with Gasteiger partial charge in [-0.3, -0.25) is 4.79 Å². The summed E-state index contributed by atoms with van der Waals surface area (Å²) >= 11 is 0. The monoisotopic (exact) mass is 353 g/mol. The van der Waals surface area contributed by atoms with Crippen molar-refractivity contribution in [3.05, 3.63) is 29.8 Å². The third-order valence-corrected chi connectivity index (χ3v) is 6.19. The van der Waals surface area contributed by atoms with Gasteiger partial charge in [0.1, 0.15) is 0 Å². The van der Waals surface area contributed by atoms with Crippen molar-refractivity contribution >= 4 is 15.9 Å². The second kappa shape index (κ2) is 8.09. The summed E-state index contributed by atoms with van der Waals surface area (Å²) in [7, 11) is -0.488. The van der Waals surface area contributed by atoms with Crippen molar-refractivity contribution in [2.45, 2.75) is 37.1 Å². The zero-order chi connectivity index (χ0) is 17.7. The summed E-state index contributed by atoms with van der Waals surface area (Å²) in [5, 5.41) is 3.05. The highest BCUT2D eigenvalue weighted by molar-refractivity contribution is 7.89. The van der Waals surface area contributed by atoms with Crippen molar-refractivity contribution < 1.29 is 13.2 Å². The zero-order valence-corrected chi connectivity index (χ0v) is 15.5. The summed E-state index contributed by atoms with van der Waals surface area (Å²) in [6.45, 7) is 5.31. The van der Waals surface area contributed by atoms with Gasteiger partial charge in [-0.1, -0.05) is 6.92 Å². The Morgan fingerprint density at radius 2 is 1.79 bits per heavy atom. The van der Waals surface area contributed by atoms with Crippen molar-refractivity contribution in [3.8, 4) is 0 Å². The number of nitrogens with one attached hydrogen (secondary N) is 1. The quantitative estimate of drug-likeness (QED) is 0.842. The molecule has 24 heavy (non-hydrogen) atoms. The van der Waals surface area contributed by atoms with Crippen LogP contribution in [0.3, 0.4) is 0 Å². The third-order valence-electron chi connectivity index (χ3n) is 4.36. The van der Waals surface area contributed by atoms with E-state index < -0.39 is 10.0 Å². The third kappa shape index (κ3) is 4.55. The molecule has 1 heterocycles. The lowest BCUT2D eigenvalue weighted by Gasteiger charge is -2.32. The van der Waals surface area contributed by atoms with E-state index in [0.29, 0.717) is 5.56 Å². The fourth-order valence-electron chi connectivity index (χ4n) is 2.87. The van der Waals surface area contributed by atoms with Gasteiger partial charge in [0.2, 0.25) is 10.0 Å². The molecule has 0 spiro atoms. The number of carbonyl (C=O) groups excluding carboxylic acids is 1. The van der Waals surface area contributed by atoms with Gasteiger partial charge >= 0.3 is 0 Å². The number of amides is 1. The highest BCUT2D eigenvalue weighted by atomic mass is 32.2. The van der Waals surface area contributed by atoms with E-state index in [4.69, 9.17) is 0 Å². The Morgan fingerprint density at radius 3 is 2.29 bits per heavy atom. The first kappa shape index (κ1) is 18.9. The molecule has 1 aromatic carbocycles. The minimum absolute atomic E-state index is 0.141. The van der Waals surface area contributed by atoms with Crippen LogP contribution in [0.5, 0.6) is 0 Å². The predicted octanol–water partition coefficient (Wildman–Crippen LogP) is 1.54. The molecule has 134 valence electrons. The number of hydrogen-bond donors (Lipinski definition) is 1. The van der Waals surface area contributed by atoms with E-state index in [0.717, 1.165) is 43.2 Å². The fourth-order valence-corrected chi connectivity index (χ4v) is 3.78. The first-order valence-corrected chi connectivity index (χ1v) is 9.84. The van der Waals surface area contributed by atoms with E-state index in [1.54, 1.807) is 12.1 Å². The Labute approximate surface area is 144 Å². The molecule has 0 atom stereocenters. The number of carbonyl (C=O) groups is 1.